The van der Waals surface area contributed by atoms with Crippen molar-refractivity contribution in [2.45, 2.75) is 31.2 Å². The maximum Gasteiger partial charge on any atom is 0.257 e. The number of carbonyl (C=O) groups is 1. The summed E-state index contributed by atoms with van der Waals surface area (Å²) in [6.07, 6.45) is 0. The predicted octanol–water partition coefficient (Wildman–Crippen LogP) is 4.85. The minimum absolute atomic E-state index is 0.0537. The first-order valence-electron chi connectivity index (χ1n) is 8.51. The van der Waals surface area contributed by atoms with Crippen LogP contribution in [0.25, 0.3) is 22.6 Å². The summed E-state index contributed by atoms with van der Waals surface area (Å²) in [5, 5.41) is 2.86. The SMILES string of the molecule is CNC(=O)C(C)Sc1nc(-c2ccc(C)cc2)c(-c2ccc(C)cc2)o1. The van der Waals surface area contributed by atoms with Crippen LogP contribution in [-0.2, 0) is 4.79 Å². The van der Waals surface area contributed by atoms with Crippen molar-refractivity contribution in [2.24, 2.45) is 0 Å². The van der Waals surface area contributed by atoms with Crippen molar-refractivity contribution in [2.75, 3.05) is 7.05 Å². The van der Waals surface area contributed by atoms with Crippen molar-refractivity contribution in [3.05, 3.63) is 59.7 Å². The van der Waals surface area contributed by atoms with E-state index in [0.717, 1.165) is 22.6 Å². The molecule has 0 saturated heterocycles. The van der Waals surface area contributed by atoms with E-state index in [9.17, 15) is 4.79 Å². The Hall–Kier alpha value is -2.53. The van der Waals surface area contributed by atoms with Crippen molar-refractivity contribution >= 4 is 17.7 Å². The molecule has 3 aromatic rings. The van der Waals surface area contributed by atoms with Crippen LogP contribution in [0.4, 0.5) is 0 Å². The standard InChI is InChI=1S/C21H22N2O2S/c1-13-5-9-16(10-6-13)18-19(17-11-7-14(2)8-12-17)25-21(23-18)26-15(3)20(24)22-4/h5-12,15H,1-4H3,(H,22,24). The minimum atomic E-state index is -0.282. The Morgan fingerprint density at radius 3 is 2.08 bits per heavy atom. The third-order valence-electron chi connectivity index (χ3n) is 4.14. The van der Waals surface area contributed by atoms with E-state index in [1.807, 2.05) is 31.2 Å². The quantitative estimate of drug-likeness (QED) is 0.656. The number of oxazole rings is 1. The summed E-state index contributed by atoms with van der Waals surface area (Å²) in [5.74, 6) is 0.669. The highest BCUT2D eigenvalue weighted by Crippen LogP contribution is 2.36. The van der Waals surface area contributed by atoms with Gasteiger partial charge < -0.3 is 9.73 Å². The van der Waals surface area contributed by atoms with Crippen LogP contribution >= 0.6 is 11.8 Å². The lowest BCUT2D eigenvalue weighted by Crippen LogP contribution is -2.27. The van der Waals surface area contributed by atoms with E-state index in [1.165, 1.54) is 22.9 Å². The number of rotatable bonds is 5. The van der Waals surface area contributed by atoms with E-state index in [-0.39, 0.29) is 11.2 Å². The van der Waals surface area contributed by atoms with Crippen molar-refractivity contribution < 1.29 is 9.21 Å². The van der Waals surface area contributed by atoms with E-state index < -0.39 is 0 Å². The van der Waals surface area contributed by atoms with Gasteiger partial charge in [-0.25, -0.2) is 4.98 Å². The fourth-order valence-electron chi connectivity index (χ4n) is 2.57. The number of hydrogen-bond donors (Lipinski definition) is 1. The summed E-state index contributed by atoms with van der Waals surface area (Å²) in [6, 6.07) is 16.4. The van der Waals surface area contributed by atoms with E-state index in [1.54, 1.807) is 7.05 Å². The Morgan fingerprint density at radius 1 is 1.00 bits per heavy atom. The average Bonchev–Trinajstić information content (AvgIpc) is 3.06. The zero-order valence-electron chi connectivity index (χ0n) is 15.4. The summed E-state index contributed by atoms with van der Waals surface area (Å²) in [7, 11) is 1.63. The molecule has 2 aromatic carbocycles. The van der Waals surface area contributed by atoms with Gasteiger partial charge >= 0.3 is 0 Å². The third-order valence-corrected chi connectivity index (χ3v) is 5.08. The molecule has 0 aliphatic rings. The molecule has 0 fully saturated rings. The second-order valence-corrected chi connectivity index (χ2v) is 7.56. The molecule has 0 saturated carbocycles. The molecule has 0 radical (unpaired) electrons. The average molecular weight is 366 g/mol. The van der Waals surface area contributed by atoms with Crippen molar-refractivity contribution in [1.82, 2.24) is 10.3 Å². The van der Waals surface area contributed by atoms with Gasteiger partial charge in [-0.2, -0.15) is 0 Å². The molecular weight excluding hydrogens is 344 g/mol. The van der Waals surface area contributed by atoms with Gasteiger partial charge in [0.2, 0.25) is 5.91 Å². The van der Waals surface area contributed by atoms with Crippen molar-refractivity contribution in [3.8, 4) is 22.6 Å². The lowest BCUT2D eigenvalue weighted by molar-refractivity contribution is -0.119. The number of aryl methyl sites for hydroxylation is 2. The molecule has 4 nitrogen and oxygen atoms in total. The summed E-state index contributed by atoms with van der Waals surface area (Å²) < 4.78 is 6.06. The smallest absolute Gasteiger partial charge is 0.257 e. The molecule has 0 aliphatic heterocycles. The van der Waals surface area contributed by atoms with E-state index in [2.05, 4.69) is 48.4 Å². The van der Waals surface area contributed by atoms with Crippen LogP contribution in [0.1, 0.15) is 18.1 Å². The fraction of sp³-hybridized carbons (Fsp3) is 0.238. The lowest BCUT2D eigenvalue weighted by Gasteiger charge is -2.05. The second-order valence-electron chi connectivity index (χ2n) is 6.26. The highest BCUT2D eigenvalue weighted by atomic mass is 32.2. The molecule has 0 bridgehead atoms. The Morgan fingerprint density at radius 2 is 1.54 bits per heavy atom. The summed E-state index contributed by atoms with van der Waals surface area (Å²) in [4.78, 5) is 16.5. The molecule has 1 heterocycles. The minimum Gasteiger partial charge on any atom is -0.431 e. The number of nitrogens with one attached hydrogen (secondary N) is 1. The molecule has 3 rings (SSSR count). The molecule has 0 aliphatic carbocycles. The van der Waals surface area contributed by atoms with E-state index in [0.29, 0.717) is 5.22 Å². The number of nitrogens with zero attached hydrogens (tertiary/aromatic N) is 1. The number of amides is 1. The maximum absolute atomic E-state index is 11.8. The second kappa shape index (κ2) is 7.79. The number of carbonyl (C=O) groups excluding carboxylic acids is 1. The monoisotopic (exact) mass is 366 g/mol. The Bertz CT molecular complexity index is 836. The third kappa shape index (κ3) is 3.99. The zero-order valence-corrected chi connectivity index (χ0v) is 16.2. The van der Waals surface area contributed by atoms with Crippen LogP contribution < -0.4 is 5.32 Å². The molecule has 1 unspecified atom stereocenters. The highest BCUT2D eigenvalue weighted by Gasteiger charge is 2.21. The van der Waals surface area contributed by atoms with Crippen LogP contribution in [0.2, 0.25) is 0 Å². The molecule has 134 valence electrons. The molecule has 1 aromatic heterocycles. The van der Waals surface area contributed by atoms with E-state index >= 15 is 0 Å². The van der Waals surface area contributed by atoms with Crippen LogP contribution in [0, 0.1) is 13.8 Å². The lowest BCUT2D eigenvalue weighted by atomic mass is 10.0. The summed E-state index contributed by atoms with van der Waals surface area (Å²) in [6.45, 7) is 5.95. The summed E-state index contributed by atoms with van der Waals surface area (Å²) in [5.41, 5.74) is 5.14. The largest absolute Gasteiger partial charge is 0.431 e. The number of hydrogen-bond acceptors (Lipinski definition) is 4. The molecule has 1 atom stereocenters. The Labute approximate surface area is 158 Å². The molecule has 5 heteroatoms. The first-order valence-corrected chi connectivity index (χ1v) is 9.39. The highest BCUT2D eigenvalue weighted by molar-refractivity contribution is 8.00. The number of aromatic nitrogens is 1. The van der Waals surface area contributed by atoms with Gasteiger partial charge in [-0.3, -0.25) is 4.79 Å². The fourth-order valence-corrected chi connectivity index (χ4v) is 3.37. The molecule has 0 spiro atoms. The van der Waals surface area contributed by atoms with Gasteiger partial charge in [-0.05, 0) is 20.8 Å². The van der Waals surface area contributed by atoms with Gasteiger partial charge in [0.1, 0.15) is 5.69 Å². The van der Waals surface area contributed by atoms with Gasteiger partial charge in [0.15, 0.2) is 5.76 Å². The van der Waals surface area contributed by atoms with Gasteiger partial charge in [0, 0.05) is 18.2 Å². The number of thioether (sulfide) groups is 1. The van der Waals surface area contributed by atoms with Gasteiger partial charge in [-0.1, -0.05) is 71.4 Å². The molecular formula is C21H22N2O2S. The number of benzene rings is 2. The van der Waals surface area contributed by atoms with Gasteiger partial charge in [0.05, 0.1) is 5.25 Å². The van der Waals surface area contributed by atoms with E-state index in [4.69, 9.17) is 4.42 Å². The Kier molecular flexibility index (Phi) is 5.47. The van der Waals surface area contributed by atoms with Gasteiger partial charge in [-0.15, -0.1) is 0 Å². The van der Waals surface area contributed by atoms with Crippen LogP contribution in [-0.4, -0.2) is 23.2 Å². The summed E-state index contributed by atoms with van der Waals surface area (Å²) >= 11 is 1.32. The Balaban J connectivity index is 2.04. The zero-order chi connectivity index (χ0) is 18.7. The molecule has 1 amide bonds. The molecule has 26 heavy (non-hydrogen) atoms. The molecule has 1 N–H and O–H groups in total. The maximum atomic E-state index is 11.8. The van der Waals surface area contributed by atoms with Crippen LogP contribution in [0.5, 0.6) is 0 Å². The predicted molar refractivity (Wildman–Crippen MR) is 106 cm³/mol. The first kappa shape index (κ1) is 18.3. The van der Waals surface area contributed by atoms with Gasteiger partial charge in [0.25, 0.3) is 5.22 Å². The normalized spacial score (nSPS) is 12.0. The van der Waals surface area contributed by atoms with Crippen LogP contribution in [0.3, 0.4) is 0 Å². The van der Waals surface area contributed by atoms with Crippen molar-refractivity contribution in [3.63, 3.8) is 0 Å². The topological polar surface area (TPSA) is 55.1 Å². The first-order chi connectivity index (χ1) is 12.5. The van der Waals surface area contributed by atoms with Crippen molar-refractivity contribution in [1.29, 1.82) is 0 Å². The van der Waals surface area contributed by atoms with Crippen LogP contribution in [0.15, 0.2) is 58.2 Å².